The topological polar surface area (TPSA) is 87.7 Å². The molecule has 0 radical (unpaired) electrons. The summed E-state index contributed by atoms with van der Waals surface area (Å²) < 4.78 is 6.39. The van der Waals surface area contributed by atoms with Crippen molar-refractivity contribution in [1.82, 2.24) is 10.2 Å². The van der Waals surface area contributed by atoms with Crippen LogP contribution in [0, 0.1) is 17.8 Å². The van der Waals surface area contributed by atoms with E-state index in [4.69, 9.17) is 27.9 Å². The second-order valence-corrected chi connectivity index (χ2v) is 11.8. The number of hydrogen-bond donors (Lipinski definition) is 2. The van der Waals surface area contributed by atoms with Crippen molar-refractivity contribution >= 4 is 46.6 Å². The van der Waals surface area contributed by atoms with Crippen molar-refractivity contribution in [2.45, 2.75) is 76.2 Å². The number of benzene rings is 1. The number of amides is 3. The monoisotopic (exact) mass is 533 g/mol. The molecular weight excluding hydrogens is 501 g/mol. The highest BCUT2D eigenvalue weighted by atomic mass is 35.5. The Bertz CT molecular complexity index is 1070. The average Bonchev–Trinajstić information content (AvgIpc) is 3.45. The fraction of sp³-hybridized carbons (Fsp3) is 0.593. The third kappa shape index (κ3) is 4.54. The number of carbonyl (C=O) groups is 3. The molecule has 3 aliphatic heterocycles. The lowest BCUT2D eigenvalue weighted by molar-refractivity contribution is -0.141. The zero-order chi connectivity index (χ0) is 25.6. The first-order valence-electron chi connectivity index (χ1n) is 12.9. The van der Waals surface area contributed by atoms with E-state index in [0.29, 0.717) is 28.2 Å². The maximum Gasteiger partial charge on any atom is 0.246 e. The Hall–Kier alpha value is -2.09. The second-order valence-electron chi connectivity index (χ2n) is 10.9. The zero-order valence-corrected chi connectivity index (χ0v) is 22.1. The summed E-state index contributed by atoms with van der Waals surface area (Å²) in [7, 11) is 0. The lowest BCUT2D eigenvalue weighted by atomic mass is 9.74. The maximum absolute atomic E-state index is 13.9. The number of anilines is 1. The summed E-state index contributed by atoms with van der Waals surface area (Å²) in [6.07, 6.45) is 9.11. The van der Waals surface area contributed by atoms with Gasteiger partial charge in [-0.2, -0.15) is 0 Å². The van der Waals surface area contributed by atoms with Crippen molar-refractivity contribution in [3.63, 3.8) is 0 Å². The number of ether oxygens (including phenoxy) is 1. The number of fused-ring (bicyclic) bond motifs is 1. The molecule has 4 aliphatic rings. The van der Waals surface area contributed by atoms with Crippen LogP contribution >= 0.6 is 23.2 Å². The van der Waals surface area contributed by atoms with Gasteiger partial charge in [0.1, 0.15) is 11.6 Å². The predicted octanol–water partition coefficient (Wildman–Crippen LogP) is 4.58. The molecule has 2 N–H and O–H groups in total. The first-order valence-corrected chi connectivity index (χ1v) is 13.7. The molecule has 3 heterocycles. The smallest absolute Gasteiger partial charge is 0.246 e. The summed E-state index contributed by atoms with van der Waals surface area (Å²) in [5, 5.41) is 6.87. The molecule has 3 amide bonds. The van der Waals surface area contributed by atoms with E-state index >= 15 is 0 Å². The van der Waals surface area contributed by atoms with E-state index < -0.39 is 29.6 Å². The largest absolute Gasteiger partial charge is 0.359 e. The van der Waals surface area contributed by atoms with E-state index in [2.05, 4.69) is 24.5 Å². The van der Waals surface area contributed by atoms with Crippen LogP contribution < -0.4 is 10.6 Å². The molecule has 1 aromatic rings. The fourth-order valence-corrected chi connectivity index (χ4v) is 6.81. The lowest BCUT2D eigenvalue weighted by Gasteiger charge is -2.34. The summed E-state index contributed by atoms with van der Waals surface area (Å²) in [6.45, 7) is 4.62. The van der Waals surface area contributed by atoms with Gasteiger partial charge in [0.15, 0.2) is 0 Å². The van der Waals surface area contributed by atoms with Gasteiger partial charge in [-0.25, -0.2) is 0 Å². The Labute approximate surface area is 221 Å². The minimum absolute atomic E-state index is 0.109. The Morgan fingerprint density at radius 1 is 1.11 bits per heavy atom. The number of nitrogens with one attached hydrogen (secondary N) is 2. The van der Waals surface area contributed by atoms with Gasteiger partial charge in [-0.05, 0) is 43.4 Å². The summed E-state index contributed by atoms with van der Waals surface area (Å²) in [5.41, 5.74) is -0.696. The molecule has 5 atom stereocenters. The van der Waals surface area contributed by atoms with Gasteiger partial charge in [-0.15, -0.1) is 0 Å². The van der Waals surface area contributed by atoms with Crippen LogP contribution in [0.3, 0.4) is 0 Å². The van der Waals surface area contributed by atoms with Gasteiger partial charge in [-0.1, -0.05) is 68.5 Å². The van der Waals surface area contributed by atoms with Crippen LogP contribution in [0.5, 0.6) is 0 Å². The van der Waals surface area contributed by atoms with E-state index in [1.54, 1.807) is 23.1 Å². The van der Waals surface area contributed by atoms with Gasteiger partial charge in [0.2, 0.25) is 17.7 Å². The van der Waals surface area contributed by atoms with Crippen molar-refractivity contribution < 1.29 is 19.1 Å². The molecule has 1 aliphatic carbocycles. The van der Waals surface area contributed by atoms with Crippen LogP contribution in [0.15, 0.2) is 30.4 Å². The van der Waals surface area contributed by atoms with Crippen molar-refractivity contribution in [2.75, 3.05) is 11.9 Å². The predicted molar refractivity (Wildman–Crippen MR) is 139 cm³/mol. The number of rotatable bonds is 7. The molecule has 1 spiro atoms. The molecule has 1 aromatic carbocycles. The Balaban J connectivity index is 1.43. The summed E-state index contributed by atoms with van der Waals surface area (Å²) >= 11 is 12.2. The Morgan fingerprint density at radius 2 is 1.81 bits per heavy atom. The first kappa shape index (κ1) is 25.6. The van der Waals surface area contributed by atoms with Gasteiger partial charge >= 0.3 is 0 Å². The third-order valence-electron chi connectivity index (χ3n) is 7.95. The minimum Gasteiger partial charge on any atom is -0.359 e. The zero-order valence-electron chi connectivity index (χ0n) is 20.6. The van der Waals surface area contributed by atoms with Gasteiger partial charge in [0.25, 0.3) is 0 Å². The van der Waals surface area contributed by atoms with Crippen molar-refractivity contribution in [1.29, 1.82) is 0 Å². The molecule has 7 nitrogen and oxygen atoms in total. The molecule has 9 heteroatoms. The molecule has 1 saturated carbocycles. The molecule has 2 saturated heterocycles. The molecule has 36 heavy (non-hydrogen) atoms. The molecule has 0 aromatic heterocycles. The van der Waals surface area contributed by atoms with Crippen LogP contribution in [0.2, 0.25) is 10.0 Å². The first-order chi connectivity index (χ1) is 17.2. The second kappa shape index (κ2) is 9.99. The van der Waals surface area contributed by atoms with Gasteiger partial charge in [-0.3, -0.25) is 14.4 Å². The summed E-state index contributed by atoms with van der Waals surface area (Å²) in [6, 6.07) is 4.11. The number of carbonyl (C=O) groups excluding carboxylic acids is 3. The summed E-state index contributed by atoms with van der Waals surface area (Å²) in [4.78, 5) is 42.8. The Morgan fingerprint density at radius 3 is 2.47 bits per heavy atom. The van der Waals surface area contributed by atoms with Crippen LogP contribution in [0.1, 0.15) is 52.4 Å². The highest BCUT2D eigenvalue weighted by Gasteiger charge is 2.72. The summed E-state index contributed by atoms with van der Waals surface area (Å²) in [5.74, 6) is -1.90. The van der Waals surface area contributed by atoms with E-state index in [1.807, 2.05) is 12.2 Å². The van der Waals surface area contributed by atoms with Crippen molar-refractivity contribution in [2.24, 2.45) is 17.8 Å². The SMILES string of the molecule is CC(C)CCN1C(=O)[C@@H]2[C@@H](C(=O)Nc3cc(Cl)cc(Cl)c3)[C@@H]3C=C[C@@]2(O3)[C@H]1C(=O)NC1CCCCC1. The normalized spacial score (nSPS) is 31.2. The molecule has 194 valence electrons. The van der Waals surface area contributed by atoms with Gasteiger partial charge in [0.05, 0.1) is 17.9 Å². The molecular formula is C27H33Cl2N3O4. The van der Waals surface area contributed by atoms with Crippen LogP contribution in [-0.4, -0.2) is 53.0 Å². The minimum atomic E-state index is -1.15. The van der Waals surface area contributed by atoms with E-state index in [1.165, 1.54) is 6.42 Å². The number of nitrogens with zero attached hydrogens (tertiary/aromatic N) is 1. The van der Waals surface area contributed by atoms with Crippen molar-refractivity contribution in [3.8, 4) is 0 Å². The standard InChI is InChI=1S/C27H33Cl2N3O4/c1-15(2)9-11-32-23(25(34)30-18-6-4-3-5-7-18)27-10-8-20(36-27)21(22(27)26(32)35)24(33)31-19-13-16(28)12-17(29)14-19/h8,10,12-15,18,20-23H,3-7,9,11H2,1-2H3,(H,30,34)(H,31,33)/t20-,21-,22-,23+,27-/m0/s1. The molecule has 2 bridgehead atoms. The van der Waals surface area contributed by atoms with Crippen LogP contribution in [0.4, 0.5) is 5.69 Å². The number of likely N-dealkylation sites (tertiary alicyclic amines) is 1. The van der Waals surface area contributed by atoms with Crippen LogP contribution in [0.25, 0.3) is 0 Å². The molecule has 3 fully saturated rings. The highest BCUT2D eigenvalue weighted by molar-refractivity contribution is 6.35. The number of hydrogen-bond acceptors (Lipinski definition) is 4. The van der Waals surface area contributed by atoms with E-state index in [-0.39, 0.29) is 23.8 Å². The third-order valence-corrected chi connectivity index (χ3v) is 8.39. The average molecular weight is 534 g/mol. The molecule has 5 rings (SSSR count). The lowest BCUT2D eigenvalue weighted by Crippen LogP contribution is -2.56. The van der Waals surface area contributed by atoms with Gasteiger partial charge < -0.3 is 20.3 Å². The maximum atomic E-state index is 13.9. The van der Waals surface area contributed by atoms with E-state index in [0.717, 1.165) is 32.1 Å². The fourth-order valence-electron chi connectivity index (χ4n) is 6.28. The van der Waals surface area contributed by atoms with Crippen LogP contribution in [-0.2, 0) is 19.1 Å². The quantitative estimate of drug-likeness (QED) is 0.502. The number of halogens is 2. The highest BCUT2D eigenvalue weighted by Crippen LogP contribution is 2.55. The molecule has 0 unspecified atom stereocenters. The Kier molecular flexibility index (Phi) is 7.09. The van der Waals surface area contributed by atoms with E-state index in [9.17, 15) is 14.4 Å². The van der Waals surface area contributed by atoms with Gasteiger partial charge in [0, 0.05) is 28.3 Å². The van der Waals surface area contributed by atoms with Crippen molar-refractivity contribution in [3.05, 3.63) is 40.4 Å².